The lowest BCUT2D eigenvalue weighted by molar-refractivity contribution is -0.118. The Morgan fingerprint density at radius 3 is 2.86 bits per heavy atom. The SMILES string of the molecule is Cc1nc(-c2nnc(NC(=O)COc3ccccc3)o2)cs1. The second kappa shape index (κ2) is 6.35. The fraction of sp³-hybridized carbons (Fsp3) is 0.143. The zero-order valence-electron chi connectivity index (χ0n) is 11.6. The molecular formula is C14H12N4O3S. The summed E-state index contributed by atoms with van der Waals surface area (Å²) in [6, 6.07) is 9.07. The molecule has 0 unspecified atom stereocenters. The van der Waals surface area contributed by atoms with Gasteiger partial charge >= 0.3 is 6.01 Å². The Morgan fingerprint density at radius 2 is 2.14 bits per heavy atom. The van der Waals surface area contributed by atoms with Crippen LogP contribution in [0.15, 0.2) is 40.1 Å². The highest BCUT2D eigenvalue weighted by atomic mass is 32.1. The Morgan fingerprint density at radius 1 is 1.32 bits per heavy atom. The number of carbonyl (C=O) groups excluding carboxylic acids is 1. The maximum absolute atomic E-state index is 11.8. The highest BCUT2D eigenvalue weighted by molar-refractivity contribution is 7.09. The Labute approximate surface area is 130 Å². The van der Waals surface area contributed by atoms with E-state index in [1.54, 1.807) is 12.1 Å². The molecule has 0 atom stereocenters. The maximum Gasteiger partial charge on any atom is 0.322 e. The maximum atomic E-state index is 11.8. The molecule has 1 amide bonds. The number of thiazole rings is 1. The van der Waals surface area contributed by atoms with E-state index in [0.29, 0.717) is 11.4 Å². The van der Waals surface area contributed by atoms with Crippen molar-refractivity contribution in [3.63, 3.8) is 0 Å². The predicted octanol–water partition coefficient (Wildman–Crippen LogP) is 2.52. The molecule has 3 rings (SSSR count). The van der Waals surface area contributed by atoms with Gasteiger partial charge in [0.2, 0.25) is 0 Å². The first kappa shape index (κ1) is 14.2. The predicted molar refractivity (Wildman–Crippen MR) is 80.7 cm³/mol. The van der Waals surface area contributed by atoms with Crippen molar-refractivity contribution in [2.75, 3.05) is 11.9 Å². The van der Waals surface area contributed by atoms with Crippen molar-refractivity contribution in [1.82, 2.24) is 15.2 Å². The third kappa shape index (κ3) is 3.47. The first-order valence-corrected chi connectivity index (χ1v) is 7.32. The molecular weight excluding hydrogens is 304 g/mol. The summed E-state index contributed by atoms with van der Waals surface area (Å²) in [7, 11) is 0. The van der Waals surface area contributed by atoms with Crippen molar-refractivity contribution >= 4 is 23.3 Å². The number of amides is 1. The first-order chi connectivity index (χ1) is 10.7. The molecule has 7 nitrogen and oxygen atoms in total. The second-order valence-electron chi connectivity index (χ2n) is 4.31. The normalized spacial score (nSPS) is 10.4. The van der Waals surface area contributed by atoms with Crippen LogP contribution in [0.4, 0.5) is 6.01 Å². The molecule has 22 heavy (non-hydrogen) atoms. The van der Waals surface area contributed by atoms with Gasteiger partial charge in [0.1, 0.15) is 11.4 Å². The summed E-state index contributed by atoms with van der Waals surface area (Å²) in [6.45, 7) is 1.74. The highest BCUT2D eigenvalue weighted by Crippen LogP contribution is 2.21. The average Bonchev–Trinajstić information content (AvgIpc) is 3.15. The molecule has 0 saturated heterocycles. The summed E-state index contributed by atoms with van der Waals surface area (Å²) in [4.78, 5) is 16.0. The number of hydrogen-bond donors (Lipinski definition) is 1. The smallest absolute Gasteiger partial charge is 0.322 e. The third-order valence-corrected chi connectivity index (χ3v) is 3.40. The summed E-state index contributed by atoms with van der Waals surface area (Å²) < 4.78 is 10.7. The second-order valence-corrected chi connectivity index (χ2v) is 5.38. The summed E-state index contributed by atoms with van der Waals surface area (Å²) in [5.41, 5.74) is 0.594. The Balaban J connectivity index is 1.57. The fourth-order valence-corrected chi connectivity index (χ4v) is 2.25. The van der Waals surface area contributed by atoms with Crippen LogP contribution in [0.5, 0.6) is 5.75 Å². The Hall–Kier alpha value is -2.74. The molecule has 1 N–H and O–H groups in total. The minimum Gasteiger partial charge on any atom is -0.484 e. The highest BCUT2D eigenvalue weighted by Gasteiger charge is 2.13. The van der Waals surface area contributed by atoms with Crippen molar-refractivity contribution < 1.29 is 13.9 Å². The standard InChI is InChI=1S/C14H12N4O3S/c1-9-15-11(8-22-9)13-17-18-14(21-13)16-12(19)7-20-10-5-3-2-4-6-10/h2-6,8H,7H2,1H3,(H,16,18,19). The molecule has 112 valence electrons. The lowest BCUT2D eigenvalue weighted by atomic mass is 10.3. The summed E-state index contributed by atoms with van der Waals surface area (Å²) in [5.74, 6) is 0.499. The number of carbonyl (C=O) groups is 1. The molecule has 3 aromatic rings. The van der Waals surface area contributed by atoms with Gasteiger partial charge in [-0.1, -0.05) is 23.3 Å². The molecule has 2 heterocycles. The molecule has 0 spiro atoms. The van der Waals surface area contributed by atoms with Gasteiger partial charge in [-0.15, -0.1) is 16.4 Å². The van der Waals surface area contributed by atoms with Crippen molar-refractivity contribution in [3.8, 4) is 17.3 Å². The van der Waals surface area contributed by atoms with Crippen LogP contribution in [0.2, 0.25) is 0 Å². The number of nitrogens with one attached hydrogen (secondary N) is 1. The molecule has 0 saturated carbocycles. The van der Waals surface area contributed by atoms with Crippen LogP contribution in [0, 0.1) is 6.92 Å². The van der Waals surface area contributed by atoms with Crippen LogP contribution in [-0.2, 0) is 4.79 Å². The van der Waals surface area contributed by atoms with Crippen molar-refractivity contribution in [1.29, 1.82) is 0 Å². The molecule has 8 heteroatoms. The number of aromatic nitrogens is 3. The van der Waals surface area contributed by atoms with E-state index in [1.807, 2.05) is 30.5 Å². The van der Waals surface area contributed by atoms with Gasteiger partial charge in [0, 0.05) is 5.38 Å². The van der Waals surface area contributed by atoms with Crippen LogP contribution in [0.3, 0.4) is 0 Å². The number of anilines is 1. The van der Waals surface area contributed by atoms with Crippen LogP contribution < -0.4 is 10.1 Å². The molecule has 0 bridgehead atoms. The van der Waals surface area contributed by atoms with E-state index in [1.165, 1.54) is 11.3 Å². The lowest BCUT2D eigenvalue weighted by Gasteiger charge is -2.04. The topological polar surface area (TPSA) is 90.1 Å². The van der Waals surface area contributed by atoms with Gasteiger partial charge in [0.25, 0.3) is 11.8 Å². The third-order valence-electron chi connectivity index (χ3n) is 2.62. The summed E-state index contributed by atoms with van der Waals surface area (Å²) in [5, 5.41) is 12.8. The minimum atomic E-state index is -0.381. The van der Waals surface area contributed by atoms with Gasteiger partial charge in [-0.05, 0) is 19.1 Å². The summed E-state index contributed by atoms with van der Waals surface area (Å²) in [6.07, 6.45) is 0. The van der Waals surface area contributed by atoms with E-state index < -0.39 is 0 Å². The molecule has 0 aliphatic carbocycles. The lowest BCUT2D eigenvalue weighted by Crippen LogP contribution is -2.20. The van der Waals surface area contributed by atoms with Gasteiger partial charge in [0.15, 0.2) is 6.61 Å². The number of nitrogens with zero attached hydrogens (tertiary/aromatic N) is 3. The largest absolute Gasteiger partial charge is 0.484 e. The Kier molecular flexibility index (Phi) is 4.10. The molecule has 2 aromatic heterocycles. The van der Waals surface area contributed by atoms with Crippen LogP contribution >= 0.6 is 11.3 Å². The van der Waals surface area contributed by atoms with Crippen molar-refractivity contribution in [2.24, 2.45) is 0 Å². The number of ether oxygens (including phenoxy) is 1. The van der Waals surface area contributed by atoms with Crippen LogP contribution in [0.25, 0.3) is 11.6 Å². The van der Waals surface area contributed by atoms with Gasteiger partial charge in [-0.3, -0.25) is 10.1 Å². The number of para-hydroxylation sites is 1. The van der Waals surface area contributed by atoms with Crippen molar-refractivity contribution in [2.45, 2.75) is 6.92 Å². The van der Waals surface area contributed by atoms with E-state index >= 15 is 0 Å². The molecule has 0 radical (unpaired) electrons. The van der Waals surface area contributed by atoms with E-state index in [0.717, 1.165) is 5.01 Å². The monoisotopic (exact) mass is 316 g/mol. The average molecular weight is 316 g/mol. The van der Waals surface area contributed by atoms with Gasteiger partial charge < -0.3 is 9.15 Å². The number of benzene rings is 1. The van der Waals surface area contributed by atoms with E-state index in [9.17, 15) is 4.79 Å². The molecule has 0 fully saturated rings. The van der Waals surface area contributed by atoms with E-state index in [2.05, 4.69) is 20.5 Å². The van der Waals surface area contributed by atoms with Gasteiger partial charge in [-0.2, -0.15) is 0 Å². The Bertz CT molecular complexity index is 769. The minimum absolute atomic E-state index is 0.0160. The number of hydrogen-bond acceptors (Lipinski definition) is 7. The van der Waals surface area contributed by atoms with Crippen molar-refractivity contribution in [3.05, 3.63) is 40.7 Å². The zero-order valence-corrected chi connectivity index (χ0v) is 12.5. The fourth-order valence-electron chi connectivity index (χ4n) is 1.66. The first-order valence-electron chi connectivity index (χ1n) is 6.44. The zero-order chi connectivity index (χ0) is 15.4. The van der Waals surface area contributed by atoms with E-state index in [-0.39, 0.29) is 24.4 Å². The van der Waals surface area contributed by atoms with Gasteiger partial charge in [-0.25, -0.2) is 4.98 Å². The summed E-state index contributed by atoms with van der Waals surface area (Å²) >= 11 is 1.48. The number of rotatable bonds is 5. The van der Waals surface area contributed by atoms with Gasteiger partial charge in [0.05, 0.1) is 5.01 Å². The van der Waals surface area contributed by atoms with Crippen LogP contribution in [-0.4, -0.2) is 27.7 Å². The molecule has 0 aliphatic rings. The molecule has 0 aliphatic heterocycles. The van der Waals surface area contributed by atoms with Crippen LogP contribution in [0.1, 0.15) is 5.01 Å². The number of aryl methyl sites for hydroxylation is 1. The van der Waals surface area contributed by atoms with E-state index in [4.69, 9.17) is 9.15 Å². The quantitative estimate of drug-likeness (QED) is 0.778. The molecule has 1 aromatic carbocycles.